The molecule has 0 saturated carbocycles. The number of nitrogens with zero attached hydrogens (tertiary/aromatic N) is 2. The van der Waals surface area contributed by atoms with Crippen molar-refractivity contribution in [3.63, 3.8) is 0 Å². The summed E-state index contributed by atoms with van der Waals surface area (Å²) in [5.74, 6) is 1.70. The van der Waals surface area contributed by atoms with E-state index < -0.39 is 0 Å². The third-order valence-electron chi connectivity index (χ3n) is 3.28. The van der Waals surface area contributed by atoms with Crippen molar-refractivity contribution in [3.05, 3.63) is 44.8 Å². The average molecular weight is 386 g/mol. The van der Waals surface area contributed by atoms with Crippen LogP contribution < -0.4 is 4.74 Å². The lowest BCUT2D eigenvalue weighted by Crippen LogP contribution is -2.04. The fourth-order valence-electron chi connectivity index (χ4n) is 2.31. The molecule has 3 nitrogen and oxygen atoms in total. The van der Waals surface area contributed by atoms with Crippen LogP contribution in [0.2, 0.25) is 0 Å². The second kappa shape index (κ2) is 5.99. The van der Waals surface area contributed by atoms with E-state index in [4.69, 9.17) is 16.3 Å². The van der Waals surface area contributed by atoms with Crippen molar-refractivity contribution in [2.75, 3.05) is 7.11 Å². The van der Waals surface area contributed by atoms with Crippen LogP contribution in [0.1, 0.15) is 23.0 Å². The molecule has 0 radical (unpaired) electrons. The number of halogens is 2. The Labute approximate surface area is 140 Å². The molecule has 2 aromatic heterocycles. The largest absolute Gasteiger partial charge is 0.497 e. The van der Waals surface area contributed by atoms with E-state index in [1.54, 1.807) is 18.4 Å². The molecular weight excluding hydrogens is 372 g/mol. The zero-order chi connectivity index (χ0) is 15.0. The molecule has 0 saturated heterocycles. The monoisotopic (exact) mass is 384 g/mol. The first kappa shape index (κ1) is 14.9. The average Bonchev–Trinajstić information content (AvgIpc) is 3.03. The summed E-state index contributed by atoms with van der Waals surface area (Å²) < 4.78 is 8.61. The molecule has 3 aromatic rings. The van der Waals surface area contributed by atoms with Gasteiger partial charge >= 0.3 is 0 Å². The van der Waals surface area contributed by atoms with E-state index in [2.05, 4.69) is 37.6 Å². The topological polar surface area (TPSA) is 27.1 Å². The summed E-state index contributed by atoms with van der Waals surface area (Å²) in [6.45, 7) is 2.70. The molecule has 0 aliphatic heterocycles. The molecule has 0 spiro atoms. The van der Waals surface area contributed by atoms with Crippen LogP contribution in [0, 0.1) is 0 Å². The number of imidazole rings is 1. The molecule has 0 N–H and O–H groups in total. The lowest BCUT2D eigenvalue weighted by atomic mass is 10.3. The Balaban J connectivity index is 2.14. The van der Waals surface area contributed by atoms with E-state index in [9.17, 15) is 0 Å². The highest BCUT2D eigenvalue weighted by molar-refractivity contribution is 9.11. The first-order valence-corrected chi connectivity index (χ1v) is 8.55. The first-order valence-electron chi connectivity index (χ1n) is 6.51. The van der Waals surface area contributed by atoms with Crippen LogP contribution in [-0.4, -0.2) is 16.7 Å². The predicted molar refractivity (Wildman–Crippen MR) is 91.7 cm³/mol. The van der Waals surface area contributed by atoms with Crippen molar-refractivity contribution in [2.45, 2.75) is 18.8 Å². The van der Waals surface area contributed by atoms with Crippen LogP contribution >= 0.6 is 38.9 Å². The second-order valence-corrected chi connectivity index (χ2v) is 7.93. The zero-order valence-electron chi connectivity index (χ0n) is 11.6. The minimum Gasteiger partial charge on any atom is -0.497 e. The molecule has 0 fully saturated rings. The predicted octanol–water partition coefficient (Wildman–Crippen LogP) is 5.22. The number of hydrogen-bond acceptors (Lipinski definition) is 3. The molecule has 21 heavy (non-hydrogen) atoms. The van der Waals surface area contributed by atoms with Gasteiger partial charge in [0.1, 0.15) is 11.6 Å². The summed E-state index contributed by atoms with van der Waals surface area (Å²) in [6, 6.07) is 10.1. The van der Waals surface area contributed by atoms with Gasteiger partial charge in [0.2, 0.25) is 0 Å². The number of thiophene rings is 1. The van der Waals surface area contributed by atoms with E-state index in [-0.39, 0.29) is 5.38 Å². The van der Waals surface area contributed by atoms with Crippen LogP contribution in [0.5, 0.6) is 5.75 Å². The van der Waals surface area contributed by atoms with Gasteiger partial charge < -0.3 is 9.30 Å². The van der Waals surface area contributed by atoms with Gasteiger partial charge in [-0.05, 0) is 47.1 Å². The number of benzene rings is 1. The summed E-state index contributed by atoms with van der Waals surface area (Å²) in [7, 11) is 1.67. The van der Waals surface area contributed by atoms with Gasteiger partial charge in [0.05, 0.1) is 33.9 Å². The Bertz CT molecular complexity index is 781. The van der Waals surface area contributed by atoms with E-state index in [1.165, 1.54) is 4.88 Å². The SMILES string of the molecule is COc1ccc2nc(C(C)Cl)n(Cc3ccc(Br)s3)c2c1. The molecule has 3 rings (SSSR count). The van der Waals surface area contributed by atoms with Crippen molar-refractivity contribution >= 4 is 49.9 Å². The Hall–Kier alpha value is -1.04. The zero-order valence-corrected chi connectivity index (χ0v) is 14.8. The summed E-state index contributed by atoms with van der Waals surface area (Å²) in [5.41, 5.74) is 1.98. The van der Waals surface area contributed by atoms with Crippen molar-refractivity contribution in [3.8, 4) is 5.75 Å². The van der Waals surface area contributed by atoms with Crippen molar-refractivity contribution in [1.82, 2.24) is 9.55 Å². The highest BCUT2D eigenvalue weighted by Gasteiger charge is 2.16. The molecule has 0 amide bonds. The highest BCUT2D eigenvalue weighted by atomic mass is 79.9. The minimum atomic E-state index is -0.146. The van der Waals surface area contributed by atoms with Gasteiger partial charge in [-0.25, -0.2) is 4.98 Å². The van der Waals surface area contributed by atoms with E-state index in [0.717, 1.165) is 32.9 Å². The Morgan fingerprint density at radius 3 is 2.81 bits per heavy atom. The molecule has 1 aromatic carbocycles. The van der Waals surface area contributed by atoms with Crippen LogP contribution in [0.4, 0.5) is 0 Å². The summed E-state index contributed by atoms with van der Waals surface area (Å²) in [6.07, 6.45) is 0. The highest BCUT2D eigenvalue weighted by Crippen LogP contribution is 2.30. The molecule has 1 atom stereocenters. The van der Waals surface area contributed by atoms with Crippen molar-refractivity contribution in [2.24, 2.45) is 0 Å². The number of fused-ring (bicyclic) bond motifs is 1. The minimum absolute atomic E-state index is 0.146. The smallest absolute Gasteiger partial charge is 0.128 e. The van der Waals surface area contributed by atoms with Crippen molar-refractivity contribution < 1.29 is 4.74 Å². The maximum Gasteiger partial charge on any atom is 0.128 e. The van der Waals surface area contributed by atoms with Gasteiger partial charge in [0.15, 0.2) is 0 Å². The van der Waals surface area contributed by atoms with Gasteiger partial charge in [-0.2, -0.15) is 0 Å². The first-order chi connectivity index (χ1) is 10.1. The van der Waals surface area contributed by atoms with Crippen LogP contribution in [0.25, 0.3) is 11.0 Å². The Morgan fingerprint density at radius 1 is 1.38 bits per heavy atom. The fraction of sp³-hybridized carbons (Fsp3) is 0.267. The molecule has 0 bridgehead atoms. The maximum absolute atomic E-state index is 6.30. The van der Waals surface area contributed by atoms with E-state index in [1.807, 2.05) is 25.1 Å². The number of methoxy groups -OCH3 is 1. The van der Waals surface area contributed by atoms with Gasteiger partial charge in [-0.15, -0.1) is 22.9 Å². The second-order valence-electron chi connectivity index (χ2n) is 4.73. The van der Waals surface area contributed by atoms with Gasteiger partial charge in [-0.3, -0.25) is 0 Å². The summed E-state index contributed by atoms with van der Waals surface area (Å²) in [5, 5.41) is -0.146. The van der Waals surface area contributed by atoms with Gasteiger partial charge in [0, 0.05) is 10.9 Å². The molecule has 0 aliphatic rings. The number of aromatic nitrogens is 2. The maximum atomic E-state index is 6.30. The standard InChI is InChI=1S/C15H14BrClN2OS/c1-9(17)15-18-12-5-3-10(20-2)7-13(12)19(15)8-11-4-6-14(16)21-11/h3-7,9H,8H2,1-2H3. The lowest BCUT2D eigenvalue weighted by Gasteiger charge is -2.09. The van der Waals surface area contributed by atoms with Crippen LogP contribution in [0.15, 0.2) is 34.1 Å². The molecule has 2 heterocycles. The third kappa shape index (κ3) is 2.96. The summed E-state index contributed by atoms with van der Waals surface area (Å²) >= 11 is 11.5. The van der Waals surface area contributed by atoms with Crippen molar-refractivity contribution in [1.29, 1.82) is 0 Å². The van der Waals surface area contributed by atoms with Gasteiger partial charge in [0.25, 0.3) is 0 Å². The fourth-order valence-corrected chi connectivity index (χ4v) is 3.95. The molecular formula is C15H14BrClN2OS. The Morgan fingerprint density at radius 2 is 2.19 bits per heavy atom. The van der Waals surface area contributed by atoms with Crippen LogP contribution in [0.3, 0.4) is 0 Å². The third-order valence-corrected chi connectivity index (χ3v) is 5.09. The normalized spacial score (nSPS) is 12.8. The molecule has 1 unspecified atom stereocenters. The number of hydrogen-bond donors (Lipinski definition) is 0. The number of rotatable bonds is 4. The molecule has 0 aliphatic carbocycles. The van der Waals surface area contributed by atoms with E-state index in [0.29, 0.717) is 0 Å². The van der Waals surface area contributed by atoms with E-state index >= 15 is 0 Å². The number of ether oxygens (including phenoxy) is 1. The Kier molecular flexibility index (Phi) is 4.24. The van der Waals surface area contributed by atoms with Gasteiger partial charge in [-0.1, -0.05) is 0 Å². The summed E-state index contributed by atoms with van der Waals surface area (Å²) in [4.78, 5) is 5.91. The quantitative estimate of drug-likeness (QED) is 0.576. The molecule has 110 valence electrons. The number of alkyl halides is 1. The van der Waals surface area contributed by atoms with Crippen LogP contribution in [-0.2, 0) is 6.54 Å². The molecule has 6 heteroatoms. The lowest BCUT2D eigenvalue weighted by molar-refractivity contribution is 0.415.